The van der Waals surface area contributed by atoms with Gasteiger partial charge in [0.2, 0.25) is 0 Å². The number of aryl methyl sites for hydroxylation is 1. The Morgan fingerprint density at radius 1 is 1.58 bits per heavy atom. The third kappa shape index (κ3) is 1.78. The van der Waals surface area contributed by atoms with Crippen LogP contribution in [-0.4, -0.2) is 10.1 Å². The molecule has 0 fully saturated rings. The van der Waals surface area contributed by atoms with Gasteiger partial charge in [0.15, 0.2) is 0 Å². The summed E-state index contributed by atoms with van der Waals surface area (Å²) in [7, 11) is 0. The fourth-order valence-electron chi connectivity index (χ4n) is 0.920. The van der Waals surface area contributed by atoms with Crippen molar-refractivity contribution in [1.82, 2.24) is 4.98 Å². The number of thiazole rings is 1. The van der Waals surface area contributed by atoms with Gasteiger partial charge in [0.1, 0.15) is 0 Å². The minimum Gasteiger partial charge on any atom is -0.390 e. The summed E-state index contributed by atoms with van der Waals surface area (Å²) in [6, 6.07) is 0. The van der Waals surface area contributed by atoms with Gasteiger partial charge in [0.25, 0.3) is 5.92 Å². The lowest BCUT2D eigenvalue weighted by Gasteiger charge is -2.07. The first-order valence-electron chi connectivity index (χ1n) is 3.40. The van der Waals surface area contributed by atoms with Crippen molar-refractivity contribution in [2.45, 2.75) is 26.4 Å². The van der Waals surface area contributed by atoms with E-state index >= 15 is 0 Å². The lowest BCUT2D eigenvalue weighted by atomic mass is 10.2. The highest BCUT2D eigenvalue weighted by Gasteiger charge is 2.30. The molecule has 0 aliphatic heterocycles. The van der Waals surface area contributed by atoms with Gasteiger partial charge >= 0.3 is 0 Å². The predicted octanol–water partition coefficient (Wildman–Crippen LogP) is 2.06. The molecule has 1 N–H and O–H groups in total. The van der Waals surface area contributed by atoms with Gasteiger partial charge in [-0.15, -0.1) is 11.3 Å². The molecular formula is C7H9F2NOS. The largest absolute Gasteiger partial charge is 0.390 e. The number of hydrogen-bond acceptors (Lipinski definition) is 3. The van der Waals surface area contributed by atoms with Crippen LogP contribution in [0.25, 0.3) is 0 Å². The summed E-state index contributed by atoms with van der Waals surface area (Å²) >= 11 is 0.925. The van der Waals surface area contributed by atoms with Crippen LogP contribution < -0.4 is 0 Å². The second-order valence-electron chi connectivity index (χ2n) is 2.56. The Bertz CT molecular complexity index is 279. The number of nitrogens with zero attached hydrogens (tertiary/aromatic N) is 1. The molecule has 0 unspecified atom stereocenters. The molecule has 0 aliphatic rings. The number of halogens is 2. The van der Waals surface area contributed by atoms with E-state index < -0.39 is 12.5 Å². The summed E-state index contributed by atoms with van der Waals surface area (Å²) in [6.07, 6.45) is 0. The number of aliphatic hydroxyl groups is 1. The van der Waals surface area contributed by atoms with Gasteiger partial charge in [-0.25, -0.2) is 13.8 Å². The molecule has 0 atom stereocenters. The van der Waals surface area contributed by atoms with Crippen LogP contribution >= 0.6 is 11.3 Å². The topological polar surface area (TPSA) is 33.1 Å². The quantitative estimate of drug-likeness (QED) is 0.779. The molecule has 0 spiro atoms. The van der Waals surface area contributed by atoms with Crippen molar-refractivity contribution in [2.75, 3.05) is 0 Å². The Labute approximate surface area is 72.9 Å². The molecule has 1 aromatic heterocycles. The van der Waals surface area contributed by atoms with Gasteiger partial charge in [-0.2, -0.15) is 0 Å². The summed E-state index contributed by atoms with van der Waals surface area (Å²) < 4.78 is 25.5. The van der Waals surface area contributed by atoms with E-state index in [1.165, 1.54) is 0 Å². The summed E-state index contributed by atoms with van der Waals surface area (Å²) in [5, 5.41) is 9.26. The Balaban J connectivity index is 3.13. The minimum atomic E-state index is -2.90. The van der Waals surface area contributed by atoms with Crippen molar-refractivity contribution in [2.24, 2.45) is 0 Å². The SMILES string of the molecule is Cc1nc(CO)c(C(C)(F)F)s1. The first kappa shape index (κ1) is 9.54. The Hall–Kier alpha value is -0.550. The average molecular weight is 193 g/mol. The maximum Gasteiger partial charge on any atom is 0.281 e. The Kier molecular flexibility index (Phi) is 2.44. The van der Waals surface area contributed by atoms with Gasteiger partial charge in [-0.05, 0) is 6.92 Å². The first-order chi connectivity index (χ1) is 5.45. The molecule has 0 saturated carbocycles. The van der Waals surface area contributed by atoms with E-state index in [1.54, 1.807) is 6.92 Å². The zero-order valence-corrected chi connectivity index (χ0v) is 7.58. The summed E-state index contributed by atoms with van der Waals surface area (Å²) in [5.74, 6) is -2.90. The van der Waals surface area contributed by atoms with Crippen molar-refractivity contribution in [3.8, 4) is 0 Å². The van der Waals surface area contributed by atoms with Crippen LogP contribution in [0.2, 0.25) is 0 Å². The maximum atomic E-state index is 12.8. The van der Waals surface area contributed by atoms with Crippen LogP contribution in [0.1, 0.15) is 22.5 Å². The summed E-state index contributed by atoms with van der Waals surface area (Å²) in [5.41, 5.74) is 0.0880. The molecule has 2 nitrogen and oxygen atoms in total. The maximum absolute atomic E-state index is 12.8. The Morgan fingerprint density at radius 2 is 2.17 bits per heavy atom. The molecule has 0 aliphatic carbocycles. The average Bonchev–Trinajstić information content (AvgIpc) is 2.29. The van der Waals surface area contributed by atoms with Crippen LogP contribution in [0.4, 0.5) is 8.78 Å². The van der Waals surface area contributed by atoms with Crippen molar-refractivity contribution < 1.29 is 13.9 Å². The standard InChI is InChI=1S/C7H9F2NOS/c1-4-10-5(3-11)6(12-4)7(2,8)9/h11H,3H2,1-2H3. The molecule has 0 aromatic carbocycles. The molecule has 0 bridgehead atoms. The van der Waals surface area contributed by atoms with Gasteiger partial charge in [-0.1, -0.05) is 0 Å². The number of hydrogen-bond donors (Lipinski definition) is 1. The summed E-state index contributed by atoms with van der Waals surface area (Å²) in [4.78, 5) is 3.65. The van der Waals surface area contributed by atoms with Crippen LogP contribution in [0.15, 0.2) is 0 Å². The van der Waals surface area contributed by atoms with E-state index in [0.717, 1.165) is 18.3 Å². The van der Waals surface area contributed by atoms with E-state index in [2.05, 4.69) is 4.98 Å². The van der Waals surface area contributed by atoms with Crippen molar-refractivity contribution in [1.29, 1.82) is 0 Å². The van der Waals surface area contributed by atoms with E-state index in [4.69, 9.17) is 5.11 Å². The van der Waals surface area contributed by atoms with E-state index in [1.807, 2.05) is 0 Å². The highest BCUT2D eigenvalue weighted by atomic mass is 32.1. The van der Waals surface area contributed by atoms with Gasteiger partial charge in [0.05, 0.1) is 22.2 Å². The third-order valence-corrected chi connectivity index (χ3v) is 2.54. The van der Waals surface area contributed by atoms with Crippen molar-refractivity contribution >= 4 is 11.3 Å². The number of aromatic nitrogens is 1. The minimum absolute atomic E-state index is 0.0880. The lowest BCUT2D eigenvalue weighted by molar-refractivity contribution is 0.0192. The molecule has 5 heteroatoms. The first-order valence-corrected chi connectivity index (χ1v) is 4.22. The number of alkyl halides is 2. The highest BCUT2D eigenvalue weighted by Crippen LogP contribution is 2.34. The van der Waals surface area contributed by atoms with Crippen LogP contribution in [0.5, 0.6) is 0 Å². The van der Waals surface area contributed by atoms with Crippen molar-refractivity contribution in [3.05, 3.63) is 15.6 Å². The fraction of sp³-hybridized carbons (Fsp3) is 0.571. The van der Waals surface area contributed by atoms with Crippen LogP contribution in [0, 0.1) is 6.92 Å². The molecular weight excluding hydrogens is 184 g/mol. The smallest absolute Gasteiger partial charge is 0.281 e. The molecule has 0 amide bonds. The predicted molar refractivity (Wildman–Crippen MR) is 42.3 cm³/mol. The zero-order valence-electron chi connectivity index (χ0n) is 6.77. The van der Waals surface area contributed by atoms with Gasteiger partial charge < -0.3 is 5.11 Å². The van der Waals surface area contributed by atoms with Crippen LogP contribution in [0.3, 0.4) is 0 Å². The van der Waals surface area contributed by atoms with Crippen LogP contribution in [-0.2, 0) is 12.5 Å². The number of aliphatic hydroxyl groups excluding tert-OH is 1. The Morgan fingerprint density at radius 3 is 2.50 bits per heavy atom. The molecule has 1 rings (SSSR count). The fourth-order valence-corrected chi connectivity index (χ4v) is 1.78. The zero-order chi connectivity index (χ0) is 9.35. The molecule has 12 heavy (non-hydrogen) atoms. The molecule has 1 heterocycles. The van der Waals surface area contributed by atoms with E-state index in [-0.39, 0.29) is 10.6 Å². The third-order valence-electron chi connectivity index (χ3n) is 1.35. The lowest BCUT2D eigenvalue weighted by Crippen LogP contribution is -2.07. The monoisotopic (exact) mass is 193 g/mol. The van der Waals surface area contributed by atoms with E-state index in [9.17, 15) is 8.78 Å². The molecule has 1 aromatic rings. The second kappa shape index (κ2) is 3.06. The highest BCUT2D eigenvalue weighted by molar-refractivity contribution is 7.11. The molecule has 68 valence electrons. The normalized spacial score (nSPS) is 12.1. The molecule has 0 radical (unpaired) electrons. The van der Waals surface area contributed by atoms with Gasteiger partial charge in [-0.3, -0.25) is 0 Å². The summed E-state index contributed by atoms with van der Waals surface area (Å²) in [6.45, 7) is 2.02. The number of rotatable bonds is 2. The second-order valence-corrected chi connectivity index (χ2v) is 3.76. The molecule has 0 saturated heterocycles. The van der Waals surface area contributed by atoms with Crippen molar-refractivity contribution in [3.63, 3.8) is 0 Å². The van der Waals surface area contributed by atoms with E-state index in [0.29, 0.717) is 5.01 Å². The van der Waals surface area contributed by atoms with Gasteiger partial charge in [0, 0.05) is 6.92 Å².